The van der Waals surface area contributed by atoms with Gasteiger partial charge in [0.2, 0.25) is 5.91 Å². The van der Waals surface area contributed by atoms with E-state index in [0.717, 1.165) is 57.0 Å². The normalized spacial score (nSPS) is 18.3. The van der Waals surface area contributed by atoms with Crippen LogP contribution in [0.5, 0.6) is 0 Å². The van der Waals surface area contributed by atoms with E-state index in [2.05, 4.69) is 24.1 Å². The maximum absolute atomic E-state index is 12.4. The van der Waals surface area contributed by atoms with E-state index in [-0.39, 0.29) is 11.8 Å². The van der Waals surface area contributed by atoms with E-state index in [1.807, 2.05) is 35.2 Å². The van der Waals surface area contributed by atoms with Gasteiger partial charge in [0.25, 0.3) is 5.91 Å². The molecule has 1 aliphatic heterocycles. The number of hydrogen-bond donors (Lipinski definition) is 1. The fourth-order valence-corrected chi connectivity index (χ4v) is 3.15. The molecule has 1 heterocycles. The van der Waals surface area contributed by atoms with Crippen molar-refractivity contribution in [3.63, 3.8) is 0 Å². The highest BCUT2D eigenvalue weighted by Crippen LogP contribution is 2.19. The molecule has 3 rings (SSSR count). The van der Waals surface area contributed by atoms with Crippen LogP contribution in [0.2, 0.25) is 0 Å². The van der Waals surface area contributed by atoms with E-state index in [0.29, 0.717) is 11.6 Å². The Balaban J connectivity index is 1.45. The van der Waals surface area contributed by atoms with Gasteiger partial charge in [-0.1, -0.05) is 26.0 Å². The summed E-state index contributed by atoms with van der Waals surface area (Å²) in [4.78, 5) is 28.8. The van der Waals surface area contributed by atoms with Gasteiger partial charge in [0.15, 0.2) is 0 Å². The SMILES string of the molecule is CC(C)CCN1CCN(C(=O)/C=C/c2ccc(C(=O)NC3CC3)cc2)CC1. The smallest absolute Gasteiger partial charge is 0.251 e. The van der Waals surface area contributed by atoms with E-state index in [1.165, 1.54) is 6.42 Å². The highest BCUT2D eigenvalue weighted by molar-refractivity contribution is 5.95. The topological polar surface area (TPSA) is 52.7 Å². The molecule has 1 aromatic rings. The van der Waals surface area contributed by atoms with Crippen LogP contribution in [0.3, 0.4) is 0 Å². The molecule has 27 heavy (non-hydrogen) atoms. The molecule has 5 heteroatoms. The Kier molecular flexibility index (Phi) is 6.67. The van der Waals surface area contributed by atoms with Crippen molar-refractivity contribution in [1.29, 1.82) is 0 Å². The third kappa shape index (κ3) is 6.21. The predicted molar refractivity (Wildman–Crippen MR) is 108 cm³/mol. The summed E-state index contributed by atoms with van der Waals surface area (Å²) in [5.41, 5.74) is 1.60. The van der Waals surface area contributed by atoms with Crippen LogP contribution in [0, 0.1) is 5.92 Å². The first-order valence-electron chi connectivity index (χ1n) is 10.1. The molecule has 0 bridgehead atoms. The number of nitrogens with one attached hydrogen (secondary N) is 1. The molecule has 1 aliphatic carbocycles. The molecule has 0 aromatic heterocycles. The molecule has 0 spiro atoms. The third-order valence-corrected chi connectivity index (χ3v) is 5.21. The van der Waals surface area contributed by atoms with Gasteiger partial charge in [-0.2, -0.15) is 0 Å². The van der Waals surface area contributed by atoms with Crippen LogP contribution in [0.1, 0.15) is 49.0 Å². The molecule has 146 valence electrons. The van der Waals surface area contributed by atoms with Crippen molar-refractivity contribution >= 4 is 17.9 Å². The summed E-state index contributed by atoms with van der Waals surface area (Å²) >= 11 is 0. The summed E-state index contributed by atoms with van der Waals surface area (Å²) < 4.78 is 0. The van der Waals surface area contributed by atoms with Crippen LogP contribution in [0.15, 0.2) is 30.3 Å². The van der Waals surface area contributed by atoms with Gasteiger partial charge in [0.1, 0.15) is 0 Å². The Morgan fingerprint density at radius 1 is 1.11 bits per heavy atom. The number of hydrogen-bond acceptors (Lipinski definition) is 3. The van der Waals surface area contributed by atoms with Crippen molar-refractivity contribution in [3.8, 4) is 0 Å². The average molecular weight is 370 g/mol. The maximum atomic E-state index is 12.4. The minimum Gasteiger partial charge on any atom is -0.349 e. The van der Waals surface area contributed by atoms with Crippen LogP contribution in [0.4, 0.5) is 0 Å². The first-order chi connectivity index (χ1) is 13.0. The van der Waals surface area contributed by atoms with Crippen LogP contribution in [-0.4, -0.2) is 60.4 Å². The standard InChI is InChI=1S/C22H31N3O2/c1-17(2)11-12-24-13-15-25(16-14-24)21(26)10-5-18-3-6-19(7-4-18)22(27)23-20-8-9-20/h3-7,10,17,20H,8-9,11-16H2,1-2H3,(H,23,27)/b10-5+. The molecule has 0 atom stereocenters. The molecule has 0 radical (unpaired) electrons. The van der Waals surface area contributed by atoms with Crippen LogP contribution < -0.4 is 5.32 Å². The zero-order chi connectivity index (χ0) is 19.2. The summed E-state index contributed by atoms with van der Waals surface area (Å²) in [5, 5.41) is 2.98. The Morgan fingerprint density at radius 2 is 1.78 bits per heavy atom. The van der Waals surface area contributed by atoms with Crippen molar-refractivity contribution < 1.29 is 9.59 Å². The largest absolute Gasteiger partial charge is 0.349 e. The second kappa shape index (κ2) is 9.18. The number of piperazine rings is 1. The minimum absolute atomic E-state index is 0.0144. The summed E-state index contributed by atoms with van der Waals surface area (Å²) in [5.74, 6) is 0.771. The minimum atomic E-state index is -0.0144. The molecular weight excluding hydrogens is 338 g/mol. The zero-order valence-corrected chi connectivity index (χ0v) is 16.5. The maximum Gasteiger partial charge on any atom is 0.251 e. The molecule has 1 aromatic carbocycles. The number of carbonyl (C=O) groups excluding carboxylic acids is 2. The van der Waals surface area contributed by atoms with Gasteiger partial charge in [-0.05, 0) is 55.5 Å². The quantitative estimate of drug-likeness (QED) is 0.752. The average Bonchev–Trinajstić information content (AvgIpc) is 3.49. The lowest BCUT2D eigenvalue weighted by molar-refractivity contribution is -0.127. The Labute approximate surface area is 162 Å². The molecule has 2 fully saturated rings. The van der Waals surface area contributed by atoms with E-state index in [4.69, 9.17) is 0 Å². The molecule has 1 N–H and O–H groups in total. The lowest BCUT2D eigenvalue weighted by Gasteiger charge is -2.34. The van der Waals surface area contributed by atoms with Crippen LogP contribution >= 0.6 is 0 Å². The van der Waals surface area contributed by atoms with Gasteiger partial charge in [0, 0.05) is 43.9 Å². The number of benzene rings is 1. The zero-order valence-electron chi connectivity index (χ0n) is 16.5. The molecule has 5 nitrogen and oxygen atoms in total. The summed E-state index contributed by atoms with van der Waals surface area (Å²) in [6.45, 7) is 9.11. The highest BCUT2D eigenvalue weighted by atomic mass is 16.2. The fraction of sp³-hybridized carbons (Fsp3) is 0.545. The van der Waals surface area contributed by atoms with Crippen LogP contribution in [-0.2, 0) is 4.79 Å². The van der Waals surface area contributed by atoms with E-state index >= 15 is 0 Å². The van der Waals surface area contributed by atoms with Crippen molar-refractivity contribution in [2.75, 3.05) is 32.7 Å². The number of carbonyl (C=O) groups is 2. The molecule has 2 amide bonds. The second-order valence-corrected chi connectivity index (χ2v) is 8.05. The Hall–Kier alpha value is -2.14. The van der Waals surface area contributed by atoms with Gasteiger partial charge in [-0.15, -0.1) is 0 Å². The summed E-state index contributed by atoms with van der Waals surface area (Å²) in [6.07, 6.45) is 6.85. The van der Waals surface area contributed by atoms with Crippen molar-refractivity contribution in [1.82, 2.24) is 15.1 Å². The van der Waals surface area contributed by atoms with Crippen molar-refractivity contribution in [2.24, 2.45) is 5.92 Å². The van der Waals surface area contributed by atoms with Crippen LogP contribution in [0.25, 0.3) is 6.08 Å². The third-order valence-electron chi connectivity index (χ3n) is 5.21. The molecule has 1 saturated heterocycles. The second-order valence-electron chi connectivity index (χ2n) is 8.05. The Morgan fingerprint density at radius 3 is 2.37 bits per heavy atom. The fourth-order valence-electron chi connectivity index (χ4n) is 3.15. The van der Waals surface area contributed by atoms with E-state index in [1.54, 1.807) is 6.08 Å². The Bertz CT molecular complexity index is 669. The van der Waals surface area contributed by atoms with E-state index in [9.17, 15) is 9.59 Å². The lowest BCUT2D eigenvalue weighted by atomic mass is 10.1. The lowest BCUT2D eigenvalue weighted by Crippen LogP contribution is -2.48. The number of amides is 2. The monoisotopic (exact) mass is 369 g/mol. The molecule has 0 unspecified atom stereocenters. The predicted octanol–water partition coefficient (Wildman–Crippen LogP) is 2.78. The van der Waals surface area contributed by atoms with Gasteiger partial charge in [-0.3, -0.25) is 14.5 Å². The van der Waals surface area contributed by atoms with E-state index < -0.39 is 0 Å². The summed E-state index contributed by atoms with van der Waals surface area (Å²) in [6, 6.07) is 7.76. The number of nitrogens with zero attached hydrogens (tertiary/aromatic N) is 2. The highest BCUT2D eigenvalue weighted by Gasteiger charge is 2.23. The summed E-state index contributed by atoms with van der Waals surface area (Å²) in [7, 11) is 0. The molecule has 1 saturated carbocycles. The molecular formula is C22H31N3O2. The van der Waals surface area contributed by atoms with Gasteiger partial charge in [-0.25, -0.2) is 0 Å². The van der Waals surface area contributed by atoms with Gasteiger partial charge in [0.05, 0.1) is 0 Å². The van der Waals surface area contributed by atoms with Crippen molar-refractivity contribution in [2.45, 2.75) is 39.2 Å². The first-order valence-corrected chi connectivity index (χ1v) is 10.1. The first kappa shape index (κ1) is 19.6. The van der Waals surface area contributed by atoms with Gasteiger partial charge < -0.3 is 10.2 Å². The number of rotatable bonds is 7. The van der Waals surface area contributed by atoms with Crippen molar-refractivity contribution in [3.05, 3.63) is 41.5 Å². The van der Waals surface area contributed by atoms with Gasteiger partial charge >= 0.3 is 0 Å². The molecule has 2 aliphatic rings.